The number of aryl methyl sites for hydroxylation is 1. The van der Waals surface area contributed by atoms with E-state index in [0.29, 0.717) is 10.8 Å². The fourth-order valence-corrected chi connectivity index (χ4v) is 3.01. The number of carboxylic acids is 1. The highest BCUT2D eigenvalue weighted by atomic mass is 32.2. The Morgan fingerprint density at radius 2 is 1.81 bits per heavy atom. The lowest BCUT2D eigenvalue weighted by atomic mass is 10.1. The normalized spacial score (nSPS) is 10.6. The van der Waals surface area contributed by atoms with Gasteiger partial charge in [0.05, 0.1) is 17.4 Å². The number of aromatic carboxylic acids is 1. The molecule has 0 aliphatic rings. The van der Waals surface area contributed by atoms with Crippen LogP contribution in [0.25, 0.3) is 5.69 Å². The molecule has 0 unspecified atom stereocenters. The van der Waals surface area contributed by atoms with Crippen LogP contribution >= 0.6 is 11.8 Å². The number of carbonyl (C=O) groups excluding carboxylic acids is 2. The number of carboxylic acid groups (broad SMARTS) is 1. The summed E-state index contributed by atoms with van der Waals surface area (Å²) in [5.41, 5.74) is 2.58. The molecular weight excluding hydrogens is 366 g/mol. The number of aromatic nitrogens is 4. The van der Waals surface area contributed by atoms with E-state index in [-0.39, 0.29) is 17.2 Å². The van der Waals surface area contributed by atoms with Crippen LogP contribution in [0.2, 0.25) is 0 Å². The second-order valence-electron chi connectivity index (χ2n) is 5.59. The third kappa shape index (κ3) is 4.70. The average molecular weight is 382 g/mol. The number of benzene rings is 2. The van der Waals surface area contributed by atoms with E-state index in [0.717, 1.165) is 12.1 Å². The third-order valence-electron chi connectivity index (χ3n) is 3.77. The van der Waals surface area contributed by atoms with Crippen LogP contribution in [0.3, 0.4) is 0 Å². The van der Waals surface area contributed by atoms with Gasteiger partial charge in [0.1, 0.15) is 0 Å². The van der Waals surface area contributed by atoms with Crippen LogP contribution in [0.5, 0.6) is 0 Å². The zero-order chi connectivity index (χ0) is 19.2. The first-order valence-corrected chi connectivity index (χ1v) is 9.17. The SMILES string of the molecule is CCc1ccc(NC(=O)CSc2nnnn2-c2ccc(C(=O)[O-])cc2)cc1. The van der Waals surface area contributed by atoms with Gasteiger partial charge in [-0.25, -0.2) is 0 Å². The summed E-state index contributed by atoms with van der Waals surface area (Å²) < 4.78 is 1.44. The molecule has 0 aliphatic carbocycles. The highest BCUT2D eigenvalue weighted by molar-refractivity contribution is 7.99. The van der Waals surface area contributed by atoms with Gasteiger partial charge in [-0.05, 0) is 52.2 Å². The number of nitrogens with zero attached hydrogens (tertiary/aromatic N) is 4. The Bertz CT molecular complexity index is 938. The van der Waals surface area contributed by atoms with Crippen LogP contribution in [0.1, 0.15) is 22.8 Å². The van der Waals surface area contributed by atoms with Gasteiger partial charge in [-0.1, -0.05) is 43.0 Å². The lowest BCUT2D eigenvalue weighted by Gasteiger charge is -2.07. The van der Waals surface area contributed by atoms with Gasteiger partial charge in [0.2, 0.25) is 11.1 Å². The van der Waals surface area contributed by atoms with Gasteiger partial charge >= 0.3 is 0 Å². The van der Waals surface area contributed by atoms with Crippen molar-refractivity contribution in [3.63, 3.8) is 0 Å². The molecule has 9 heteroatoms. The largest absolute Gasteiger partial charge is 0.545 e. The summed E-state index contributed by atoms with van der Waals surface area (Å²) in [6.45, 7) is 2.07. The molecule has 0 saturated carbocycles. The fourth-order valence-electron chi connectivity index (χ4n) is 2.32. The molecule has 0 radical (unpaired) electrons. The van der Waals surface area contributed by atoms with Crippen LogP contribution in [-0.4, -0.2) is 37.8 Å². The molecule has 0 aliphatic heterocycles. The van der Waals surface area contributed by atoms with Crippen LogP contribution in [0.4, 0.5) is 5.69 Å². The van der Waals surface area contributed by atoms with Gasteiger partial charge in [-0.3, -0.25) is 4.79 Å². The lowest BCUT2D eigenvalue weighted by molar-refractivity contribution is -0.255. The molecule has 0 saturated heterocycles. The van der Waals surface area contributed by atoms with Crippen molar-refractivity contribution >= 4 is 29.3 Å². The molecule has 138 valence electrons. The number of rotatable bonds is 7. The van der Waals surface area contributed by atoms with Crippen molar-refractivity contribution in [3.05, 3.63) is 59.7 Å². The number of thioether (sulfide) groups is 1. The zero-order valence-electron chi connectivity index (χ0n) is 14.5. The molecule has 3 rings (SSSR count). The van der Waals surface area contributed by atoms with E-state index in [1.54, 1.807) is 12.1 Å². The van der Waals surface area contributed by atoms with Crippen molar-refractivity contribution in [1.82, 2.24) is 20.2 Å². The van der Waals surface area contributed by atoms with Crippen molar-refractivity contribution in [2.24, 2.45) is 0 Å². The highest BCUT2D eigenvalue weighted by Gasteiger charge is 2.12. The molecule has 3 aromatic rings. The summed E-state index contributed by atoms with van der Waals surface area (Å²) in [5.74, 6) is -1.30. The first-order valence-electron chi connectivity index (χ1n) is 8.18. The molecular formula is C18H16N5O3S-. The van der Waals surface area contributed by atoms with Crippen molar-refractivity contribution < 1.29 is 14.7 Å². The van der Waals surface area contributed by atoms with E-state index in [9.17, 15) is 14.7 Å². The summed E-state index contributed by atoms with van der Waals surface area (Å²) in [7, 11) is 0. The Hall–Kier alpha value is -3.20. The van der Waals surface area contributed by atoms with E-state index in [2.05, 4.69) is 27.8 Å². The maximum Gasteiger partial charge on any atom is 0.234 e. The maximum atomic E-state index is 12.1. The molecule has 1 heterocycles. The Labute approximate surface area is 159 Å². The second kappa shape index (κ2) is 8.45. The number of tetrazole rings is 1. The fraction of sp³-hybridized carbons (Fsp3) is 0.167. The molecule has 0 bridgehead atoms. The van der Waals surface area contributed by atoms with Crippen LogP contribution < -0.4 is 10.4 Å². The molecule has 0 spiro atoms. The van der Waals surface area contributed by atoms with Crippen molar-refractivity contribution in [2.45, 2.75) is 18.5 Å². The molecule has 1 aromatic heterocycles. The number of anilines is 1. The summed E-state index contributed by atoms with van der Waals surface area (Å²) >= 11 is 1.18. The van der Waals surface area contributed by atoms with E-state index in [4.69, 9.17) is 0 Å². The monoisotopic (exact) mass is 382 g/mol. The van der Waals surface area contributed by atoms with Gasteiger partial charge in [0.25, 0.3) is 0 Å². The molecule has 8 nitrogen and oxygen atoms in total. The minimum Gasteiger partial charge on any atom is -0.545 e. The summed E-state index contributed by atoms with van der Waals surface area (Å²) in [4.78, 5) is 23.0. The summed E-state index contributed by atoms with van der Waals surface area (Å²) in [6.07, 6.45) is 0.941. The molecule has 0 atom stereocenters. The lowest BCUT2D eigenvalue weighted by Crippen LogP contribution is -2.22. The van der Waals surface area contributed by atoms with Crippen LogP contribution in [0, 0.1) is 0 Å². The first-order chi connectivity index (χ1) is 13.1. The first kappa shape index (κ1) is 18.6. The van der Waals surface area contributed by atoms with Gasteiger partial charge in [-0.15, -0.1) is 5.10 Å². The predicted octanol–water partition coefficient (Wildman–Crippen LogP) is 1.32. The Morgan fingerprint density at radius 1 is 1.11 bits per heavy atom. The van der Waals surface area contributed by atoms with Crippen LogP contribution in [-0.2, 0) is 11.2 Å². The number of amides is 1. The van der Waals surface area contributed by atoms with E-state index < -0.39 is 5.97 Å². The van der Waals surface area contributed by atoms with Crippen molar-refractivity contribution in [3.8, 4) is 5.69 Å². The Morgan fingerprint density at radius 3 is 2.44 bits per heavy atom. The van der Waals surface area contributed by atoms with Crippen LogP contribution in [0.15, 0.2) is 53.7 Å². The van der Waals surface area contributed by atoms with Gasteiger partial charge in [-0.2, -0.15) is 4.68 Å². The summed E-state index contributed by atoms with van der Waals surface area (Å²) in [6, 6.07) is 13.6. The third-order valence-corrected chi connectivity index (χ3v) is 4.69. The Kier molecular flexibility index (Phi) is 5.82. The van der Waals surface area contributed by atoms with Gasteiger partial charge in [0.15, 0.2) is 0 Å². The predicted molar refractivity (Wildman–Crippen MR) is 98.7 cm³/mol. The topological polar surface area (TPSA) is 113 Å². The summed E-state index contributed by atoms with van der Waals surface area (Å²) in [5, 5.41) is 25.5. The number of nitrogens with one attached hydrogen (secondary N) is 1. The Balaban J connectivity index is 1.62. The second-order valence-corrected chi connectivity index (χ2v) is 6.54. The molecule has 1 N–H and O–H groups in total. The van der Waals surface area contributed by atoms with Gasteiger partial charge in [0, 0.05) is 5.69 Å². The highest BCUT2D eigenvalue weighted by Crippen LogP contribution is 2.19. The van der Waals surface area contributed by atoms with E-state index >= 15 is 0 Å². The maximum absolute atomic E-state index is 12.1. The zero-order valence-corrected chi connectivity index (χ0v) is 15.3. The van der Waals surface area contributed by atoms with Crippen molar-refractivity contribution in [1.29, 1.82) is 0 Å². The van der Waals surface area contributed by atoms with E-state index in [1.807, 2.05) is 24.3 Å². The molecule has 0 fully saturated rings. The van der Waals surface area contributed by atoms with Crippen molar-refractivity contribution in [2.75, 3.05) is 11.1 Å². The standard InChI is InChI=1S/C18H17N5O3S/c1-2-12-3-7-14(8-4-12)19-16(24)11-27-18-20-21-22-23(18)15-9-5-13(6-10-15)17(25)26/h3-10H,2,11H2,1H3,(H,19,24)(H,25,26)/p-1. The minimum atomic E-state index is -1.25. The number of hydrogen-bond donors (Lipinski definition) is 1. The quantitative estimate of drug-likeness (QED) is 0.613. The van der Waals surface area contributed by atoms with Gasteiger partial charge < -0.3 is 15.2 Å². The smallest absolute Gasteiger partial charge is 0.234 e. The number of carbonyl (C=O) groups is 2. The molecule has 1 amide bonds. The average Bonchev–Trinajstić information content (AvgIpc) is 3.15. The molecule has 27 heavy (non-hydrogen) atoms. The minimum absolute atomic E-state index is 0.0643. The number of hydrogen-bond acceptors (Lipinski definition) is 7. The molecule has 2 aromatic carbocycles. The van der Waals surface area contributed by atoms with E-state index in [1.165, 1.54) is 34.1 Å².